The number of hydrogen-bond donors (Lipinski definition) is 1. The molecule has 3 nitrogen and oxygen atoms in total. The second kappa shape index (κ2) is 8.42. The molecular formula is C25H25BrN2O. The highest BCUT2D eigenvalue weighted by Crippen LogP contribution is 2.43. The van der Waals surface area contributed by atoms with Crippen LogP contribution < -0.4 is 10.2 Å². The summed E-state index contributed by atoms with van der Waals surface area (Å²) in [5.74, 6) is 0.316. The molecule has 3 atom stereocenters. The predicted molar refractivity (Wildman–Crippen MR) is 123 cm³/mol. The van der Waals surface area contributed by atoms with Gasteiger partial charge in [-0.2, -0.15) is 0 Å². The lowest BCUT2D eigenvalue weighted by Gasteiger charge is -2.45. The van der Waals surface area contributed by atoms with Crippen molar-refractivity contribution in [1.29, 1.82) is 0 Å². The highest BCUT2D eigenvalue weighted by molar-refractivity contribution is 9.10. The highest BCUT2D eigenvalue weighted by atomic mass is 79.9. The number of benzene rings is 3. The summed E-state index contributed by atoms with van der Waals surface area (Å²) in [6.07, 6.45) is 0.894. The Morgan fingerprint density at radius 2 is 1.62 bits per heavy atom. The zero-order valence-corrected chi connectivity index (χ0v) is 18.3. The fraction of sp³-hybridized carbons (Fsp3) is 0.240. The molecule has 1 heterocycles. The van der Waals surface area contributed by atoms with Crippen LogP contribution in [0.4, 0.5) is 11.4 Å². The number of hydrogen-bond acceptors (Lipinski definition) is 2. The molecule has 1 aliphatic heterocycles. The minimum Gasteiger partial charge on any atom is -0.378 e. The number of para-hydroxylation sites is 2. The number of carbonyl (C=O) groups is 1. The average molecular weight is 449 g/mol. The molecule has 0 aliphatic carbocycles. The van der Waals surface area contributed by atoms with Gasteiger partial charge in [0.25, 0.3) is 5.91 Å². The molecule has 3 aromatic rings. The Kier molecular flexibility index (Phi) is 5.72. The third-order valence-corrected chi connectivity index (χ3v) is 6.35. The molecule has 29 heavy (non-hydrogen) atoms. The van der Waals surface area contributed by atoms with Gasteiger partial charge in [-0.15, -0.1) is 0 Å². The predicted octanol–water partition coefficient (Wildman–Crippen LogP) is 6.68. The summed E-state index contributed by atoms with van der Waals surface area (Å²) in [5, 5.41) is 3.71. The third kappa shape index (κ3) is 3.82. The van der Waals surface area contributed by atoms with Gasteiger partial charge in [-0.25, -0.2) is 0 Å². The van der Waals surface area contributed by atoms with Crippen molar-refractivity contribution in [3.8, 4) is 0 Å². The third-order valence-electron chi connectivity index (χ3n) is 5.82. The van der Waals surface area contributed by atoms with Gasteiger partial charge in [0.1, 0.15) is 0 Å². The van der Waals surface area contributed by atoms with E-state index in [-0.39, 0.29) is 23.9 Å². The Bertz CT molecular complexity index is 987. The number of fused-ring (bicyclic) bond motifs is 1. The average Bonchev–Trinajstić information content (AvgIpc) is 2.76. The van der Waals surface area contributed by atoms with Crippen molar-refractivity contribution >= 4 is 33.2 Å². The fourth-order valence-electron chi connectivity index (χ4n) is 4.36. The van der Waals surface area contributed by atoms with Crippen molar-refractivity contribution in [3.63, 3.8) is 0 Å². The molecule has 1 N–H and O–H groups in total. The number of rotatable bonds is 4. The van der Waals surface area contributed by atoms with Gasteiger partial charge in [0.05, 0.1) is 6.04 Å². The highest BCUT2D eigenvalue weighted by Gasteiger charge is 2.40. The molecule has 0 aromatic heterocycles. The summed E-state index contributed by atoms with van der Waals surface area (Å²) in [7, 11) is 0. The summed E-state index contributed by atoms with van der Waals surface area (Å²) >= 11 is 3.46. The molecule has 0 unspecified atom stereocenters. The number of amides is 1. The minimum atomic E-state index is 0.0572. The largest absolute Gasteiger partial charge is 0.378 e. The SMILES string of the molecule is CC[C@@H]1[C@H](C)[C@@H](Nc2ccccc2)c2ccccc2N1C(=O)c1ccc(Br)cc1. The van der Waals surface area contributed by atoms with Crippen LogP contribution in [0.5, 0.6) is 0 Å². The van der Waals surface area contributed by atoms with Crippen molar-refractivity contribution in [2.24, 2.45) is 5.92 Å². The molecule has 4 heteroatoms. The van der Waals surface area contributed by atoms with Gasteiger partial charge in [-0.3, -0.25) is 4.79 Å². The van der Waals surface area contributed by atoms with Crippen LogP contribution in [0, 0.1) is 5.92 Å². The number of nitrogens with one attached hydrogen (secondary N) is 1. The Balaban J connectivity index is 1.76. The summed E-state index contributed by atoms with van der Waals surface area (Å²) in [5.41, 5.74) is 3.97. The fourth-order valence-corrected chi connectivity index (χ4v) is 4.62. The molecule has 0 spiro atoms. The standard InChI is InChI=1S/C25H25BrN2O/c1-3-22-17(2)24(27-20-9-5-4-6-10-20)21-11-7-8-12-23(21)28(22)25(29)18-13-15-19(26)16-14-18/h4-17,22,24,27H,3H2,1-2H3/t17-,22+,24+/m0/s1. The monoisotopic (exact) mass is 448 g/mol. The maximum atomic E-state index is 13.5. The quantitative estimate of drug-likeness (QED) is 0.482. The van der Waals surface area contributed by atoms with E-state index in [1.807, 2.05) is 53.4 Å². The number of carbonyl (C=O) groups excluding carboxylic acids is 1. The van der Waals surface area contributed by atoms with E-state index < -0.39 is 0 Å². The number of anilines is 2. The smallest absolute Gasteiger partial charge is 0.258 e. The van der Waals surface area contributed by atoms with E-state index in [0.717, 1.165) is 22.3 Å². The van der Waals surface area contributed by atoms with Gasteiger partial charge in [-0.05, 0) is 54.4 Å². The maximum absolute atomic E-state index is 13.5. The first kappa shape index (κ1) is 19.7. The van der Waals surface area contributed by atoms with Crippen molar-refractivity contribution in [1.82, 2.24) is 0 Å². The van der Waals surface area contributed by atoms with E-state index in [9.17, 15) is 4.79 Å². The van der Waals surface area contributed by atoms with Crippen LogP contribution >= 0.6 is 15.9 Å². The molecule has 4 rings (SSSR count). The van der Waals surface area contributed by atoms with Crippen LogP contribution in [0.25, 0.3) is 0 Å². The van der Waals surface area contributed by atoms with Crippen LogP contribution in [0.2, 0.25) is 0 Å². The molecule has 148 valence electrons. The summed E-state index contributed by atoms with van der Waals surface area (Å²) in [4.78, 5) is 15.6. The molecule has 1 amide bonds. The van der Waals surface area contributed by atoms with Crippen molar-refractivity contribution in [2.75, 3.05) is 10.2 Å². The van der Waals surface area contributed by atoms with Crippen LogP contribution in [-0.2, 0) is 0 Å². The Morgan fingerprint density at radius 3 is 2.31 bits per heavy atom. The van der Waals surface area contributed by atoms with Gasteiger partial charge in [0.2, 0.25) is 0 Å². The lowest BCUT2D eigenvalue weighted by atomic mass is 9.80. The van der Waals surface area contributed by atoms with Crippen LogP contribution in [0.15, 0.2) is 83.3 Å². The van der Waals surface area contributed by atoms with Crippen LogP contribution in [0.3, 0.4) is 0 Å². The van der Waals surface area contributed by atoms with E-state index in [0.29, 0.717) is 5.56 Å². The topological polar surface area (TPSA) is 32.3 Å². The van der Waals surface area contributed by atoms with Crippen molar-refractivity contribution in [2.45, 2.75) is 32.4 Å². The first-order valence-electron chi connectivity index (χ1n) is 10.1. The molecule has 0 bridgehead atoms. The molecule has 0 saturated carbocycles. The van der Waals surface area contributed by atoms with Gasteiger partial charge >= 0.3 is 0 Å². The molecule has 1 aliphatic rings. The second-order valence-corrected chi connectivity index (χ2v) is 8.48. The molecular weight excluding hydrogens is 424 g/mol. The lowest BCUT2D eigenvalue weighted by Crippen LogP contribution is -2.50. The Labute approximate surface area is 180 Å². The van der Waals surface area contributed by atoms with Crippen molar-refractivity contribution < 1.29 is 4.79 Å². The van der Waals surface area contributed by atoms with E-state index in [1.54, 1.807) is 0 Å². The van der Waals surface area contributed by atoms with E-state index in [4.69, 9.17) is 0 Å². The van der Waals surface area contributed by atoms with Crippen LogP contribution in [-0.4, -0.2) is 11.9 Å². The summed E-state index contributed by atoms with van der Waals surface area (Å²) in [6.45, 7) is 4.41. The zero-order chi connectivity index (χ0) is 20.4. The molecule has 0 radical (unpaired) electrons. The Morgan fingerprint density at radius 1 is 0.966 bits per heavy atom. The second-order valence-electron chi connectivity index (χ2n) is 7.56. The summed E-state index contributed by atoms with van der Waals surface area (Å²) in [6, 6.07) is 26.5. The van der Waals surface area contributed by atoms with Gasteiger partial charge < -0.3 is 10.2 Å². The normalized spacial score (nSPS) is 20.8. The van der Waals surface area contributed by atoms with E-state index in [2.05, 4.69) is 65.4 Å². The molecule has 0 saturated heterocycles. The molecule has 3 aromatic carbocycles. The van der Waals surface area contributed by atoms with Gasteiger partial charge in [-0.1, -0.05) is 66.2 Å². The van der Waals surface area contributed by atoms with E-state index in [1.165, 1.54) is 5.56 Å². The van der Waals surface area contributed by atoms with Crippen molar-refractivity contribution in [3.05, 3.63) is 94.5 Å². The van der Waals surface area contributed by atoms with Gasteiger partial charge in [0, 0.05) is 33.4 Å². The number of halogens is 1. The summed E-state index contributed by atoms with van der Waals surface area (Å²) < 4.78 is 0.973. The molecule has 0 fully saturated rings. The Hall–Kier alpha value is -2.59. The minimum absolute atomic E-state index is 0.0572. The number of nitrogens with zero attached hydrogens (tertiary/aromatic N) is 1. The van der Waals surface area contributed by atoms with E-state index >= 15 is 0 Å². The lowest BCUT2D eigenvalue weighted by molar-refractivity contribution is 0.0960. The zero-order valence-electron chi connectivity index (χ0n) is 16.7. The van der Waals surface area contributed by atoms with Gasteiger partial charge in [0.15, 0.2) is 0 Å². The van der Waals surface area contributed by atoms with Crippen LogP contribution in [0.1, 0.15) is 42.2 Å². The first-order valence-corrected chi connectivity index (χ1v) is 10.9. The first-order chi connectivity index (χ1) is 14.1. The maximum Gasteiger partial charge on any atom is 0.258 e.